The summed E-state index contributed by atoms with van der Waals surface area (Å²) in [6.45, 7) is 0.159. The van der Waals surface area contributed by atoms with E-state index in [1.165, 1.54) is 24.2 Å². The van der Waals surface area contributed by atoms with Gasteiger partial charge in [0.05, 0.1) is 15.0 Å². The second kappa shape index (κ2) is 6.48. The molecule has 2 aromatic rings. The van der Waals surface area contributed by atoms with E-state index in [4.69, 9.17) is 16.7 Å². The van der Waals surface area contributed by atoms with Crippen LogP contribution >= 0.6 is 34.3 Å². The lowest BCUT2D eigenvalue weighted by Crippen LogP contribution is -2.26. The van der Waals surface area contributed by atoms with Crippen molar-refractivity contribution in [2.45, 2.75) is 30.1 Å². The van der Waals surface area contributed by atoms with Crippen molar-refractivity contribution in [1.82, 2.24) is 9.71 Å². The van der Waals surface area contributed by atoms with Crippen LogP contribution in [0.1, 0.15) is 39.1 Å². The largest absolute Gasteiger partial charge is 0.477 e. The number of hydrogen-bond donors (Lipinski definition) is 2. The fraction of sp³-hybridized carbons (Fsp3) is 0.385. The Hall–Kier alpha value is -1.00. The molecule has 0 spiro atoms. The number of aromatic nitrogens is 1. The lowest BCUT2D eigenvalue weighted by molar-refractivity contribution is 0.0698. The molecule has 2 heterocycles. The molecule has 124 valence electrons. The number of nitrogens with one attached hydrogen (secondary N) is 1. The summed E-state index contributed by atoms with van der Waals surface area (Å²) in [4.78, 5) is 15.0. The molecule has 2 N–H and O–H groups in total. The van der Waals surface area contributed by atoms with Crippen LogP contribution in [0.4, 0.5) is 0 Å². The number of hydrogen-bond acceptors (Lipinski definition) is 6. The number of nitrogens with zero attached hydrogens (tertiary/aromatic N) is 1. The Labute approximate surface area is 146 Å². The average molecular weight is 393 g/mol. The third-order valence-electron chi connectivity index (χ3n) is 3.35. The molecule has 0 unspecified atom stereocenters. The predicted octanol–water partition coefficient (Wildman–Crippen LogP) is 2.95. The fourth-order valence-electron chi connectivity index (χ4n) is 2.07. The molecule has 2 aromatic heterocycles. The van der Waals surface area contributed by atoms with Crippen molar-refractivity contribution in [3.63, 3.8) is 0 Å². The van der Waals surface area contributed by atoms with Crippen molar-refractivity contribution in [2.75, 3.05) is 6.54 Å². The van der Waals surface area contributed by atoms with Crippen molar-refractivity contribution in [3.8, 4) is 0 Å². The minimum absolute atomic E-state index is 0.122. The number of carbonyl (C=O) groups is 1. The highest BCUT2D eigenvalue weighted by Gasteiger charge is 2.27. The van der Waals surface area contributed by atoms with Crippen molar-refractivity contribution in [3.05, 3.63) is 31.4 Å². The topological polar surface area (TPSA) is 96.4 Å². The molecule has 0 amide bonds. The van der Waals surface area contributed by atoms with Crippen LogP contribution in [-0.2, 0) is 16.4 Å². The van der Waals surface area contributed by atoms with Gasteiger partial charge in [0.2, 0.25) is 10.0 Å². The smallest absolute Gasteiger partial charge is 0.347 e. The molecule has 0 atom stereocenters. The third kappa shape index (κ3) is 3.92. The first-order chi connectivity index (χ1) is 10.9. The third-order valence-corrected chi connectivity index (χ3v) is 7.14. The zero-order valence-electron chi connectivity index (χ0n) is 11.8. The van der Waals surface area contributed by atoms with E-state index < -0.39 is 16.0 Å². The minimum Gasteiger partial charge on any atom is -0.477 e. The Bertz CT molecular complexity index is 839. The van der Waals surface area contributed by atoms with E-state index in [-0.39, 0.29) is 20.7 Å². The average Bonchev–Trinajstić information content (AvgIpc) is 3.07. The van der Waals surface area contributed by atoms with Gasteiger partial charge in [-0.1, -0.05) is 11.6 Å². The summed E-state index contributed by atoms with van der Waals surface area (Å²) in [5.74, 6) is -0.737. The second-order valence-corrected chi connectivity index (χ2v) is 9.50. The predicted molar refractivity (Wildman–Crippen MR) is 89.3 cm³/mol. The second-order valence-electron chi connectivity index (χ2n) is 5.14. The van der Waals surface area contributed by atoms with E-state index >= 15 is 0 Å². The van der Waals surface area contributed by atoms with Crippen molar-refractivity contribution >= 4 is 50.3 Å². The summed E-state index contributed by atoms with van der Waals surface area (Å²) in [6.07, 6.45) is 2.82. The summed E-state index contributed by atoms with van der Waals surface area (Å²) in [7, 11) is -3.91. The number of thiazole rings is 1. The van der Waals surface area contributed by atoms with E-state index in [9.17, 15) is 13.2 Å². The molecule has 0 saturated heterocycles. The van der Waals surface area contributed by atoms with E-state index in [1.807, 2.05) is 5.38 Å². The maximum absolute atomic E-state index is 12.2. The molecule has 1 fully saturated rings. The van der Waals surface area contributed by atoms with Crippen molar-refractivity contribution in [2.24, 2.45) is 0 Å². The highest BCUT2D eigenvalue weighted by Crippen LogP contribution is 2.40. The lowest BCUT2D eigenvalue weighted by Gasteiger charge is -2.05. The van der Waals surface area contributed by atoms with Crippen LogP contribution in [0.15, 0.2) is 16.3 Å². The van der Waals surface area contributed by atoms with Gasteiger partial charge in [0, 0.05) is 24.3 Å². The zero-order valence-corrected chi connectivity index (χ0v) is 15.0. The molecule has 23 heavy (non-hydrogen) atoms. The van der Waals surface area contributed by atoms with Crippen LogP contribution < -0.4 is 4.72 Å². The van der Waals surface area contributed by atoms with Gasteiger partial charge >= 0.3 is 5.97 Å². The Kier molecular flexibility index (Phi) is 4.75. The number of rotatable bonds is 7. The fourth-order valence-corrected chi connectivity index (χ4v) is 5.63. The highest BCUT2D eigenvalue weighted by atomic mass is 35.5. The SMILES string of the molecule is O=C(O)c1sc(Cl)cc1S(=O)(=O)NCCc1nc(C2CC2)cs1. The Morgan fingerprint density at radius 3 is 2.87 bits per heavy atom. The van der Waals surface area contributed by atoms with Gasteiger partial charge in [-0.25, -0.2) is 22.9 Å². The normalized spacial score (nSPS) is 15.0. The first-order valence-corrected chi connectivity index (χ1v) is 10.4. The molecular formula is C13H13ClN2O4S3. The van der Waals surface area contributed by atoms with Gasteiger partial charge in [-0.05, 0) is 18.9 Å². The molecule has 1 aliphatic carbocycles. The lowest BCUT2D eigenvalue weighted by atomic mass is 10.3. The maximum Gasteiger partial charge on any atom is 0.347 e. The van der Waals surface area contributed by atoms with Gasteiger partial charge in [-0.2, -0.15) is 0 Å². The van der Waals surface area contributed by atoms with Crippen LogP contribution in [0.25, 0.3) is 0 Å². The Morgan fingerprint density at radius 1 is 1.48 bits per heavy atom. The van der Waals surface area contributed by atoms with Crippen LogP contribution in [0.2, 0.25) is 4.34 Å². The van der Waals surface area contributed by atoms with Gasteiger partial charge in [0.15, 0.2) is 0 Å². The molecule has 1 aliphatic rings. The van der Waals surface area contributed by atoms with Crippen LogP contribution in [0.3, 0.4) is 0 Å². The van der Waals surface area contributed by atoms with Crippen LogP contribution in [-0.4, -0.2) is 31.0 Å². The van der Waals surface area contributed by atoms with Crippen molar-refractivity contribution < 1.29 is 18.3 Å². The van der Waals surface area contributed by atoms with E-state index in [0.29, 0.717) is 12.3 Å². The number of carboxylic acid groups (broad SMARTS) is 1. The molecule has 1 saturated carbocycles. The van der Waals surface area contributed by atoms with Gasteiger partial charge in [0.25, 0.3) is 0 Å². The van der Waals surface area contributed by atoms with Gasteiger partial charge < -0.3 is 5.11 Å². The summed E-state index contributed by atoms with van der Waals surface area (Å²) in [6, 6.07) is 1.16. The summed E-state index contributed by atoms with van der Waals surface area (Å²) in [5.41, 5.74) is 1.09. The number of aromatic carboxylic acids is 1. The van der Waals surface area contributed by atoms with Gasteiger partial charge in [-0.3, -0.25) is 0 Å². The van der Waals surface area contributed by atoms with Crippen LogP contribution in [0, 0.1) is 0 Å². The minimum atomic E-state index is -3.91. The van der Waals surface area contributed by atoms with Gasteiger partial charge in [0.1, 0.15) is 9.77 Å². The molecule has 0 aromatic carbocycles. The first kappa shape index (κ1) is 16.8. The molecule has 6 nitrogen and oxygen atoms in total. The maximum atomic E-state index is 12.2. The Balaban J connectivity index is 1.65. The molecule has 0 radical (unpaired) electrons. The monoisotopic (exact) mass is 392 g/mol. The summed E-state index contributed by atoms with van der Waals surface area (Å²) >= 11 is 7.98. The van der Waals surface area contributed by atoms with Crippen molar-refractivity contribution in [1.29, 1.82) is 0 Å². The number of thiophene rings is 1. The summed E-state index contributed by atoms with van der Waals surface area (Å²) in [5, 5.41) is 11.9. The first-order valence-electron chi connectivity index (χ1n) is 6.83. The number of sulfonamides is 1. The molecule has 10 heteroatoms. The molecule has 0 aliphatic heterocycles. The molecular weight excluding hydrogens is 380 g/mol. The Morgan fingerprint density at radius 2 is 2.22 bits per heavy atom. The summed E-state index contributed by atoms with van der Waals surface area (Å²) < 4.78 is 27.0. The molecule has 3 rings (SSSR count). The highest BCUT2D eigenvalue weighted by molar-refractivity contribution is 7.89. The van der Waals surface area contributed by atoms with Crippen LogP contribution in [0.5, 0.6) is 0 Å². The number of halogens is 1. The van der Waals surface area contributed by atoms with Gasteiger partial charge in [-0.15, -0.1) is 22.7 Å². The molecule has 0 bridgehead atoms. The van der Waals surface area contributed by atoms with E-state index in [1.54, 1.807) is 0 Å². The standard InChI is InChI=1S/C13H13ClN2O4S3/c14-10-5-9(12(22-10)13(17)18)23(19,20)15-4-3-11-16-8(6-21-11)7-1-2-7/h5-7,15H,1-4H2,(H,17,18). The van der Waals surface area contributed by atoms with E-state index in [2.05, 4.69) is 9.71 Å². The quantitative estimate of drug-likeness (QED) is 0.755. The zero-order chi connectivity index (χ0) is 16.6. The van der Waals surface area contributed by atoms with E-state index in [0.717, 1.165) is 28.1 Å². The number of carboxylic acids is 1.